The minimum absolute atomic E-state index is 0. The molecule has 0 atom stereocenters. The normalized spacial score (nSPS) is 10.5. The van der Waals surface area contributed by atoms with Crippen LogP contribution < -0.4 is 14.8 Å². The van der Waals surface area contributed by atoms with Gasteiger partial charge in [0.15, 0.2) is 11.5 Å². The van der Waals surface area contributed by atoms with Gasteiger partial charge in [0.2, 0.25) is 0 Å². The van der Waals surface area contributed by atoms with Crippen molar-refractivity contribution in [2.24, 2.45) is 0 Å². The summed E-state index contributed by atoms with van der Waals surface area (Å²) < 4.78 is 11.7. The standard InChI is InChI=1S/C24H24Cl3NO2.ClH/c1-2-29-24-13-18(15-28-12-11-17-3-7-20(25)8-4-17)5-10-23(24)30-16-19-6-9-21(26)14-22(19)27;/h3-10,13-14,28H,2,11-12,15-16H2,1H3;1H. The van der Waals surface area contributed by atoms with Gasteiger partial charge in [0.1, 0.15) is 6.61 Å². The minimum Gasteiger partial charge on any atom is -0.490 e. The lowest BCUT2D eigenvalue weighted by molar-refractivity contribution is 0.269. The second kappa shape index (κ2) is 13.0. The van der Waals surface area contributed by atoms with Gasteiger partial charge in [0.25, 0.3) is 0 Å². The predicted molar refractivity (Wildman–Crippen MR) is 133 cm³/mol. The SMILES string of the molecule is CCOc1cc(CNCCc2ccc(Cl)cc2)ccc1OCc1ccc(Cl)cc1Cl.Cl. The quantitative estimate of drug-likeness (QED) is 0.294. The molecule has 0 unspecified atom stereocenters. The zero-order valence-corrected chi connectivity index (χ0v) is 20.3. The molecule has 3 rings (SSSR count). The largest absolute Gasteiger partial charge is 0.490 e. The molecule has 0 radical (unpaired) electrons. The summed E-state index contributed by atoms with van der Waals surface area (Å²) >= 11 is 18.1. The van der Waals surface area contributed by atoms with E-state index in [1.165, 1.54) is 5.56 Å². The number of rotatable bonds is 10. The lowest BCUT2D eigenvalue weighted by atomic mass is 10.1. The maximum atomic E-state index is 6.23. The lowest BCUT2D eigenvalue weighted by Crippen LogP contribution is -2.16. The van der Waals surface area contributed by atoms with E-state index in [0.717, 1.165) is 41.4 Å². The number of hydrogen-bond donors (Lipinski definition) is 1. The van der Waals surface area contributed by atoms with Crippen LogP contribution in [0.1, 0.15) is 23.6 Å². The molecule has 3 aromatic rings. The van der Waals surface area contributed by atoms with Crippen LogP contribution in [-0.4, -0.2) is 13.2 Å². The Bertz CT molecular complexity index is 964. The molecule has 0 saturated carbocycles. The maximum absolute atomic E-state index is 6.23. The number of benzene rings is 3. The first-order valence-electron chi connectivity index (χ1n) is 9.82. The summed E-state index contributed by atoms with van der Waals surface area (Å²) in [5.41, 5.74) is 3.26. The molecule has 7 heteroatoms. The molecule has 0 aliphatic rings. The highest BCUT2D eigenvalue weighted by Crippen LogP contribution is 2.30. The second-order valence-corrected chi connectivity index (χ2v) is 8.07. The van der Waals surface area contributed by atoms with Crippen molar-refractivity contribution >= 4 is 47.2 Å². The molecule has 0 amide bonds. The van der Waals surface area contributed by atoms with Crippen LogP contribution in [0.25, 0.3) is 0 Å². The Morgan fingerprint density at radius 1 is 0.774 bits per heavy atom. The number of hydrogen-bond acceptors (Lipinski definition) is 3. The van der Waals surface area contributed by atoms with Crippen molar-refractivity contribution in [1.82, 2.24) is 5.32 Å². The van der Waals surface area contributed by atoms with Crippen molar-refractivity contribution in [2.75, 3.05) is 13.2 Å². The third-order valence-corrected chi connectivity index (χ3v) is 5.38. The molecular formula is C24H25Cl4NO2. The van der Waals surface area contributed by atoms with Crippen LogP contribution in [-0.2, 0) is 19.6 Å². The molecule has 0 fully saturated rings. The fourth-order valence-electron chi connectivity index (χ4n) is 2.96. The van der Waals surface area contributed by atoms with E-state index in [2.05, 4.69) is 17.4 Å². The fraction of sp³-hybridized carbons (Fsp3) is 0.250. The number of nitrogens with one attached hydrogen (secondary N) is 1. The van der Waals surface area contributed by atoms with E-state index in [1.807, 2.05) is 43.3 Å². The molecule has 0 aliphatic heterocycles. The zero-order valence-electron chi connectivity index (χ0n) is 17.2. The summed E-state index contributed by atoms with van der Waals surface area (Å²) in [4.78, 5) is 0. The van der Waals surface area contributed by atoms with E-state index in [0.29, 0.717) is 29.0 Å². The highest BCUT2D eigenvalue weighted by molar-refractivity contribution is 6.35. The van der Waals surface area contributed by atoms with Gasteiger partial charge in [-0.2, -0.15) is 0 Å². The highest BCUT2D eigenvalue weighted by atomic mass is 35.5. The molecule has 0 aromatic heterocycles. The van der Waals surface area contributed by atoms with E-state index < -0.39 is 0 Å². The van der Waals surface area contributed by atoms with Crippen molar-refractivity contribution in [3.8, 4) is 11.5 Å². The molecule has 31 heavy (non-hydrogen) atoms. The Labute approximate surface area is 205 Å². The first kappa shape index (κ1) is 25.6. The number of ether oxygens (including phenoxy) is 2. The fourth-order valence-corrected chi connectivity index (χ4v) is 3.55. The molecule has 0 heterocycles. The van der Waals surface area contributed by atoms with Crippen molar-refractivity contribution in [1.29, 1.82) is 0 Å². The van der Waals surface area contributed by atoms with Gasteiger partial charge < -0.3 is 14.8 Å². The van der Waals surface area contributed by atoms with E-state index in [1.54, 1.807) is 12.1 Å². The van der Waals surface area contributed by atoms with Gasteiger partial charge in [-0.1, -0.05) is 59.1 Å². The number of halogens is 4. The first-order chi connectivity index (χ1) is 14.5. The summed E-state index contributed by atoms with van der Waals surface area (Å²) in [6.45, 7) is 4.48. The molecule has 1 N–H and O–H groups in total. The molecule has 0 saturated heterocycles. The molecular weight excluding hydrogens is 476 g/mol. The van der Waals surface area contributed by atoms with Crippen LogP contribution in [0.15, 0.2) is 60.7 Å². The predicted octanol–water partition coefficient (Wildman–Crippen LogP) is 7.38. The van der Waals surface area contributed by atoms with E-state index in [-0.39, 0.29) is 12.4 Å². The van der Waals surface area contributed by atoms with Gasteiger partial charge in [-0.3, -0.25) is 0 Å². The van der Waals surface area contributed by atoms with Gasteiger partial charge >= 0.3 is 0 Å². The van der Waals surface area contributed by atoms with Crippen LogP contribution in [0.5, 0.6) is 11.5 Å². The second-order valence-electron chi connectivity index (χ2n) is 6.79. The maximum Gasteiger partial charge on any atom is 0.161 e. The summed E-state index contributed by atoms with van der Waals surface area (Å²) in [5.74, 6) is 1.41. The van der Waals surface area contributed by atoms with Crippen LogP contribution in [0.4, 0.5) is 0 Å². The van der Waals surface area contributed by atoms with E-state index in [9.17, 15) is 0 Å². The molecule has 0 aliphatic carbocycles. The average Bonchev–Trinajstić information content (AvgIpc) is 2.73. The Morgan fingerprint density at radius 2 is 1.48 bits per heavy atom. The Hall–Kier alpha value is -1.62. The zero-order chi connectivity index (χ0) is 21.3. The Morgan fingerprint density at radius 3 is 2.19 bits per heavy atom. The van der Waals surface area contributed by atoms with Crippen LogP contribution in [0.2, 0.25) is 15.1 Å². The summed E-state index contributed by atoms with van der Waals surface area (Å²) in [6, 6.07) is 19.3. The van der Waals surface area contributed by atoms with E-state index in [4.69, 9.17) is 44.3 Å². The molecule has 3 aromatic carbocycles. The van der Waals surface area contributed by atoms with Gasteiger partial charge in [-0.25, -0.2) is 0 Å². The first-order valence-corrected chi connectivity index (χ1v) is 11.0. The molecule has 0 spiro atoms. The molecule has 0 bridgehead atoms. The smallest absolute Gasteiger partial charge is 0.161 e. The van der Waals surface area contributed by atoms with Gasteiger partial charge in [0.05, 0.1) is 6.61 Å². The topological polar surface area (TPSA) is 30.5 Å². The Balaban J connectivity index is 0.00000341. The highest BCUT2D eigenvalue weighted by Gasteiger charge is 2.09. The summed E-state index contributed by atoms with van der Waals surface area (Å²) in [5, 5.41) is 5.41. The van der Waals surface area contributed by atoms with E-state index >= 15 is 0 Å². The third kappa shape index (κ3) is 8.10. The van der Waals surface area contributed by atoms with Crippen molar-refractivity contribution in [2.45, 2.75) is 26.5 Å². The monoisotopic (exact) mass is 499 g/mol. The minimum atomic E-state index is 0. The molecule has 3 nitrogen and oxygen atoms in total. The van der Waals surface area contributed by atoms with Crippen molar-refractivity contribution < 1.29 is 9.47 Å². The summed E-state index contributed by atoms with van der Waals surface area (Å²) in [7, 11) is 0. The van der Waals surface area contributed by atoms with Gasteiger partial charge in [0, 0.05) is 27.2 Å². The average molecular weight is 501 g/mol. The third-order valence-electron chi connectivity index (χ3n) is 4.54. The summed E-state index contributed by atoms with van der Waals surface area (Å²) in [6.07, 6.45) is 0.943. The van der Waals surface area contributed by atoms with Crippen molar-refractivity contribution in [3.63, 3.8) is 0 Å². The van der Waals surface area contributed by atoms with Gasteiger partial charge in [-0.15, -0.1) is 12.4 Å². The Kier molecular flexibility index (Phi) is 10.8. The van der Waals surface area contributed by atoms with Crippen molar-refractivity contribution in [3.05, 3.63) is 92.4 Å². The van der Waals surface area contributed by atoms with Crippen LogP contribution in [0.3, 0.4) is 0 Å². The van der Waals surface area contributed by atoms with Gasteiger partial charge in [-0.05, 0) is 67.4 Å². The van der Waals surface area contributed by atoms with Crippen LogP contribution in [0, 0.1) is 0 Å². The lowest BCUT2D eigenvalue weighted by Gasteiger charge is -2.14. The van der Waals surface area contributed by atoms with Crippen LogP contribution >= 0.6 is 47.2 Å². The molecule has 166 valence electrons.